The van der Waals surface area contributed by atoms with Crippen LogP contribution >= 0.6 is 11.6 Å². The maximum atomic E-state index is 13.4. The molecule has 0 saturated heterocycles. The van der Waals surface area contributed by atoms with Gasteiger partial charge in [-0.15, -0.1) is 5.10 Å². The lowest BCUT2D eigenvalue weighted by molar-refractivity contribution is 0.235. The molecule has 3 aromatic carbocycles. The van der Waals surface area contributed by atoms with Gasteiger partial charge in [0.2, 0.25) is 0 Å². The molecule has 35 heavy (non-hydrogen) atoms. The molecular weight excluding hydrogens is 465 g/mol. The van der Waals surface area contributed by atoms with Gasteiger partial charge in [-0.2, -0.15) is 0 Å². The van der Waals surface area contributed by atoms with Crippen LogP contribution in [0.1, 0.15) is 35.0 Å². The van der Waals surface area contributed by atoms with E-state index in [2.05, 4.69) is 26.5 Å². The first-order valence-corrected chi connectivity index (χ1v) is 11.8. The molecule has 1 atom stereocenters. The van der Waals surface area contributed by atoms with Crippen LogP contribution in [0.25, 0.3) is 5.57 Å². The molecule has 4 aromatic rings. The highest BCUT2D eigenvalue weighted by Crippen LogP contribution is 2.32. The van der Waals surface area contributed by atoms with E-state index in [4.69, 9.17) is 16.3 Å². The highest BCUT2D eigenvalue weighted by atomic mass is 35.5. The van der Waals surface area contributed by atoms with E-state index in [0.29, 0.717) is 11.6 Å². The van der Waals surface area contributed by atoms with Gasteiger partial charge in [0.25, 0.3) is 0 Å². The van der Waals surface area contributed by atoms with Crippen LogP contribution in [0.2, 0.25) is 5.02 Å². The van der Waals surface area contributed by atoms with Gasteiger partial charge < -0.3 is 4.74 Å². The maximum absolute atomic E-state index is 13.4. The van der Waals surface area contributed by atoms with Crippen molar-refractivity contribution < 1.29 is 9.13 Å². The number of nitrogens with zero attached hydrogens (tertiary/aromatic N) is 5. The molecule has 0 spiro atoms. The zero-order valence-corrected chi connectivity index (χ0v) is 20.1. The summed E-state index contributed by atoms with van der Waals surface area (Å²) in [5, 5.41) is 13.5. The van der Waals surface area contributed by atoms with Gasteiger partial charge in [-0.05, 0) is 75.5 Å². The first-order chi connectivity index (χ1) is 17.1. The predicted octanol–water partition coefficient (Wildman–Crippen LogP) is 5.40. The molecule has 2 heterocycles. The van der Waals surface area contributed by atoms with Crippen molar-refractivity contribution in [3.63, 3.8) is 0 Å². The van der Waals surface area contributed by atoms with E-state index in [1.807, 2.05) is 65.3 Å². The van der Waals surface area contributed by atoms with E-state index in [0.717, 1.165) is 47.8 Å². The molecule has 1 aliphatic heterocycles. The summed E-state index contributed by atoms with van der Waals surface area (Å²) < 4.78 is 20.5. The van der Waals surface area contributed by atoms with Gasteiger partial charge >= 0.3 is 0 Å². The van der Waals surface area contributed by atoms with Crippen molar-refractivity contribution in [2.24, 2.45) is 0 Å². The van der Waals surface area contributed by atoms with E-state index in [1.165, 1.54) is 17.7 Å². The van der Waals surface area contributed by atoms with Crippen molar-refractivity contribution in [3.8, 4) is 5.75 Å². The van der Waals surface area contributed by atoms with Gasteiger partial charge in [-0.1, -0.05) is 54.1 Å². The summed E-state index contributed by atoms with van der Waals surface area (Å²) in [5.74, 6) is 1.35. The molecule has 6 nitrogen and oxygen atoms in total. The van der Waals surface area contributed by atoms with Crippen LogP contribution in [0, 0.1) is 5.82 Å². The Balaban J connectivity index is 1.45. The average molecular weight is 490 g/mol. The summed E-state index contributed by atoms with van der Waals surface area (Å²) in [6.07, 6.45) is 3.05. The molecule has 1 aliphatic rings. The summed E-state index contributed by atoms with van der Waals surface area (Å²) in [4.78, 5) is 2.35. The smallest absolute Gasteiger partial charge is 0.173 e. The van der Waals surface area contributed by atoms with Crippen LogP contribution in [-0.2, 0) is 6.54 Å². The number of rotatable bonds is 7. The Bertz CT molecular complexity index is 1300. The monoisotopic (exact) mass is 489 g/mol. The standard InChI is InChI=1S/C27H25ClFN5O/c1-35-25-12-2-19(3-13-25)18-34-27(30-31-32-34)26(22-4-8-23(28)9-5-22)33-16-14-21(15-17-33)20-6-10-24(29)11-7-20/h2-14,26H,15-18H2,1H3/t26-/m1/s1. The van der Waals surface area contributed by atoms with Crippen molar-refractivity contribution in [1.82, 2.24) is 25.1 Å². The minimum absolute atomic E-state index is 0.147. The molecule has 0 saturated carbocycles. The molecule has 0 radical (unpaired) electrons. The molecular formula is C27H25ClFN5O. The quantitative estimate of drug-likeness (QED) is 0.348. The molecule has 5 rings (SSSR count). The van der Waals surface area contributed by atoms with Crippen molar-refractivity contribution in [2.75, 3.05) is 20.2 Å². The second-order valence-corrected chi connectivity index (χ2v) is 8.91. The zero-order valence-electron chi connectivity index (χ0n) is 19.3. The van der Waals surface area contributed by atoms with E-state index in [9.17, 15) is 4.39 Å². The number of aromatic nitrogens is 4. The Hall–Kier alpha value is -3.55. The Morgan fingerprint density at radius 3 is 2.40 bits per heavy atom. The number of ether oxygens (including phenoxy) is 1. The highest BCUT2D eigenvalue weighted by Gasteiger charge is 2.29. The molecule has 8 heteroatoms. The van der Waals surface area contributed by atoms with Gasteiger partial charge in [0, 0.05) is 18.1 Å². The fraction of sp³-hybridized carbons (Fsp3) is 0.222. The number of benzene rings is 3. The molecule has 0 aliphatic carbocycles. The molecule has 0 bridgehead atoms. The largest absolute Gasteiger partial charge is 0.497 e. The first-order valence-electron chi connectivity index (χ1n) is 11.4. The van der Waals surface area contributed by atoms with Crippen LogP contribution in [0.4, 0.5) is 4.39 Å². The van der Waals surface area contributed by atoms with Crippen LogP contribution in [-0.4, -0.2) is 45.3 Å². The average Bonchev–Trinajstić information content (AvgIpc) is 3.34. The first kappa shape index (κ1) is 23.2. The second kappa shape index (κ2) is 10.4. The third kappa shape index (κ3) is 5.26. The minimum Gasteiger partial charge on any atom is -0.497 e. The van der Waals surface area contributed by atoms with Crippen LogP contribution in [0.3, 0.4) is 0 Å². The van der Waals surface area contributed by atoms with Gasteiger partial charge in [0.15, 0.2) is 5.82 Å². The lowest BCUT2D eigenvalue weighted by Crippen LogP contribution is -2.35. The lowest BCUT2D eigenvalue weighted by atomic mass is 9.96. The summed E-state index contributed by atoms with van der Waals surface area (Å²) in [5.41, 5.74) is 4.41. The predicted molar refractivity (Wildman–Crippen MR) is 134 cm³/mol. The molecule has 178 valence electrons. The summed E-state index contributed by atoms with van der Waals surface area (Å²) >= 11 is 6.18. The van der Waals surface area contributed by atoms with Crippen LogP contribution in [0.5, 0.6) is 5.75 Å². The van der Waals surface area contributed by atoms with Crippen molar-refractivity contribution in [1.29, 1.82) is 0 Å². The van der Waals surface area contributed by atoms with Gasteiger partial charge in [0.1, 0.15) is 11.6 Å². The summed E-state index contributed by atoms with van der Waals surface area (Å²) in [6.45, 7) is 2.07. The third-order valence-corrected chi connectivity index (χ3v) is 6.55. The Labute approximate surface area is 208 Å². The number of halogens is 2. The topological polar surface area (TPSA) is 56.1 Å². The number of methoxy groups -OCH3 is 1. The van der Waals surface area contributed by atoms with Crippen LogP contribution < -0.4 is 4.74 Å². The van der Waals surface area contributed by atoms with E-state index >= 15 is 0 Å². The fourth-order valence-electron chi connectivity index (χ4n) is 4.44. The fourth-order valence-corrected chi connectivity index (χ4v) is 4.56. The van der Waals surface area contributed by atoms with Gasteiger partial charge in [-0.25, -0.2) is 9.07 Å². The van der Waals surface area contributed by atoms with Crippen molar-refractivity contribution in [3.05, 3.63) is 112 Å². The summed E-state index contributed by atoms with van der Waals surface area (Å²) in [7, 11) is 1.65. The normalized spacial score (nSPS) is 15.0. The van der Waals surface area contributed by atoms with Crippen molar-refractivity contribution >= 4 is 17.2 Å². The van der Waals surface area contributed by atoms with E-state index < -0.39 is 0 Å². The zero-order chi connectivity index (χ0) is 24.2. The molecule has 0 fully saturated rings. The SMILES string of the molecule is COc1ccc(Cn2nnnc2[C@@H](c2ccc(Cl)cc2)N2CC=C(c3ccc(F)cc3)CC2)cc1. The summed E-state index contributed by atoms with van der Waals surface area (Å²) in [6, 6.07) is 22.3. The van der Waals surface area contributed by atoms with E-state index in [-0.39, 0.29) is 11.9 Å². The molecule has 1 aromatic heterocycles. The Morgan fingerprint density at radius 2 is 1.74 bits per heavy atom. The molecule has 0 N–H and O–H groups in total. The Morgan fingerprint density at radius 1 is 1.00 bits per heavy atom. The Kier molecular flexibility index (Phi) is 6.88. The number of hydrogen-bond donors (Lipinski definition) is 0. The highest BCUT2D eigenvalue weighted by molar-refractivity contribution is 6.30. The molecule has 0 amide bonds. The maximum Gasteiger partial charge on any atom is 0.173 e. The minimum atomic E-state index is -0.224. The van der Waals surface area contributed by atoms with Gasteiger partial charge in [0.05, 0.1) is 19.7 Å². The van der Waals surface area contributed by atoms with Gasteiger partial charge in [-0.3, -0.25) is 4.90 Å². The van der Waals surface area contributed by atoms with E-state index in [1.54, 1.807) is 7.11 Å². The number of tetrazole rings is 1. The van der Waals surface area contributed by atoms with Crippen molar-refractivity contribution in [2.45, 2.75) is 19.0 Å². The molecule has 0 unspecified atom stereocenters. The third-order valence-electron chi connectivity index (χ3n) is 6.30. The lowest BCUT2D eigenvalue weighted by Gasteiger charge is -2.33. The number of hydrogen-bond acceptors (Lipinski definition) is 5. The van der Waals surface area contributed by atoms with Crippen LogP contribution in [0.15, 0.2) is 78.9 Å². The second-order valence-electron chi connectivity index (χ2n) is 8.48.